The maximum atomic E-state index is 13.3. The van der Waals surface area contributed by atoms with Crippen LogP contribution >= 0.6 is 0 Å². The quantitative estimate of drug-likeness (QED) is 0.359. The van der Waals surface area contributed by atoms with Gasteiger partial charge < -0.3 is 19.4 Å². The van der Waals surface area contributed by atoms with Crippen molar-refractivity contribution in [2.24, 2.45) is 0 Å². The van der Waals surface area contributed by atoms with Gasteiger partial charge in [-0.25, -0.2) is 15.1 Å². The first kappa shape index (κ1) is 28.2. The summed E-state index contributed by atoms with van der Waals surface area (Å²) in [5.41, 5.74) is 2.87. The van der Waals surface area contributed by atoms with Gasteiger partial charge in [-0.2, -0.15) is 18.3 Å². The minimum Gasteiger partial charge on any atom is -0.491 e. The van der Waals surface area contributed by atoms with Gasteiger partial charge in [-0.1, -0.05) is 30.3 Å². The highest BCUT2D eigenvalue weighted by molar-refractivity contribution is 5.94. The van der Waals surface area contributed by atoms with E-state index in [0.717, 1.165) is 29.2 Å². The number of nitrogens with zero attached hydrogens (tertiary/aromatic N) is 6. The van der Waals surface area contributed by atoms with Crippen LogP contribution in [0.1, 0.15) is 38.7 Å². The molecule has 222 valence electrons. The molecule has 1 atom stereocenters. The number of carbonyl (C=O) groups is 1. The fraction of sp³-hybridized carbons (Fsp3) is 0.300. The summed E-state index contributed by atoms with van der Waals surface area (Å²) in [5.74, 6) is 0.563. The van der Waals surface area contributed by atoms with E-state index < -0.39 is 11.7 Å². The van der Waals surface area contributed by atoms with Gasteiger partial charge in [-0.3, -0.25) is 9.59 Å². The summed E-state index contributed by atoms with van der Waals surface area (Å²) in [6.07, 6.45) is -1.31. The summed E-state index contributed by atoms with van der Waals surface area (Å²) in [7, 11) is 0. The Kier molecular flexibility index (Phi) is 7.46. The average molecular weight is 592 g/mol. The molecule has 1 fully saturated rings. The van der Waals surface area contributed by atoms with Gasteiger partial charge in [-0.05, 0) is 36.2 Å². The maximum Gasteiger partial charge on any atom is 0.419 e. The van der Waals surface area contributed by atoms with Gasteiger partial charge >= 0.3 is 6.18 Å². The Bertz CT molecular complexity index is 1690. The Morgan fingerprint density at radius 1 is 1.02 bits per heavy atom. The molecule has 1 saturated heterocycles. The van der Waals surface area contributed by atoms with Crippen molar-refractivity contribution in [3.8, 4) is 5.75 Å². The van der Waals surface area contributed by atoms with Crippen LogP contribution < -0.4 is 20.1 Å². The zero-order valence-corrected chi connectivity index (χ0v) is 23.2. The topological polar surface area (TPSA) is 108 Å². The smallest absolute Gasteiger partial charge is 0.419 e. The molecule has 13 heteroatoms. The molecule has 4 aromatic rings. The van der Waals surface area contributed by atoms with Gasteiger partial charge in [0.05, 0.1) is 23.5 Å². The summed E-state index contributed by atoms with van der Waals surface area (Å²) >= 11 is 0. The van der Waals surface area contributed by atoms with Crippen LogP contribution in [0.3, 0.4) is 0 Å². The summed E-state index contributed by atoms with van der Waals surface area (Å²) in [5, 5.41) is 6.47. The summed E-state index contributed by atoms with van der Waals surface area (Å²) in [6.45, 7) is 4.17. The number of hydrogen-bond acceptors (Lipinski definition) is 8. The number of H-pyrrole nitrogens is 1. The first-order chi connectivity index (χ1) is 20.7. The number of alkyl halides is 3. The number of halogens is 3. The second kappa shape index (κ2) is 11.4. The lowest BCUT2D eigenvalue weighted by Crippen LogP contribution is -2.49. The molecular weight excluding hydrogens is 563 g/mol. The van der Waals surface area contributed by atoms with Gasteiger partial charge in [0.25, 0.3) is 11.5 Å². The molecule has 2 aromatic heterocycles. The molecule has 2 aromatic carbocycles. The van der Waals surface area contributed by atoms with Crippen molar-refractivity contribution in [2.75, 3.05) is 42.6 Å². The van der Waals surface area contributed by atoms with E-state index in [1.54, 1.807) is 47.2 Å². The van der Waals surface area contributed by atoms with Crippen LogP contribution in [0.2, 0.25) is 0 Å². The standard InChI is InChI=1S/C30H28F3N7O3/c1-19-25(16-36-37-27(19)41)40-17-21-5-2-3-8-24(21)26(40)18-43-23-7-4-6-20(13-23)28(42)38-9-11-39(12-10-38)29-34-14-22(15-35-29)30(31,32)33/h2-8,13-16,26H,9-12,17-18H2,1H3,(H,37,41)/t26-/m0/s1. The van der Waals surface area contributed by atoms with Crippen molar-refractivity contribution >= 4 is 17.5 Å². The molecular formula is C30H28F3N7O3. The summed E-state index contributed by atoms with van der Waals surface area (Å²) < 4.78 is 44.7. The minimum absolute atomic E-state index is 0.168. The highest BCUT2D eigenvalue weighted by Crippen LogP contribution is 2.38. The predicted molar refractivity (Wildman–Crippen MR) is 152 cm³/mol. The fourth-order valence-electron chi connectivity index (χ4n) is 5.45. The molecule has 4 heterocycles. The first-order valence-electron chi connectivity index (χ1n) is 13.7. The van der Waals surface area contributed by atoms with Gasteiger partial charge in [0.1, 0.15) is 12.4 Å². The lowest BCUT2D eigenvalue weighted by Gasteiger charge is -2.34. The van der Waals surface area contributed by atoms with Gasteiger partial charge in [0.2, 0.25) is 5.95 Å². The van der Waals surface area contributed by atoms with Crippen molar-refractivity contribution in [3.63, 3.8) is 0 Å². The number of rotatable bonds is 6. The number of carbonyl (C=O) groups excluding carboxylic acids is 1. The Hall–Kier alpha value is -4.94. The van der Waals surface area contributed by atoms with E-state index in [0.29, 0.717) is 49.6 Å². The Morgan fingerprint density at radius 2 is 1.77 bits per heavy atom. The number of benzene rings is 2. The van der Waals surface area contributed by atoms with E-state index in [1.165, 1.54) is 0 Å². The monoisotopic (exact) mass is 591 g/mol. The van der Waals surface area contributed by atoms with Crippen LogP contribution in [0.25, 0.3) is 0 Å². The maximum absolute atomic E-state index is 13.3. The number of aromatic nitrogens is 4. The number of aromatic amines is 1. The first-order valence-corrected chi connectivity index (χ1v) is 13.7. The second-order valence-corrected chi connectivity index (χ2v) is 10.4. The fourth-order valence-corrected chi connectivity index (χ4v) is 5.45. The van der Waals surface area contributed by atoms with Crippen LogP contribution in [0.4, 0.5) is 24.8 Å². The summed E-state index contributed by atoms with van der Waals surface area (Å²) in [4.78, 5) is 38.9. The number of piperazine rings is 1. The Balaban J connectivity index is 1.12. The zero-order chi connectivity index (χ0) is 30.1. The molecule has 10 nitrogen and oxygen atoms in total. The molecule has 0 saturated carbocycles. The van der Waals surface area contributed by atoms with E-state index in [1.807, 2.05) is 12.1 Å². The van der Waals surface area contributed by atoms with E-state index in [-0.39, 0.29) is 30.1 Å². The number of amides is 1. The van der Waals surface area contributed by atoms with Crippen LogP contribution in [0.15, 0.2) is 71.9 Å². The van der Waals surface area contributed by atoms with E-state index >= 15 is 0 Å². The van der Waals surface area contributed by atoms with Crippen molar-refractivity contribution in [2.45, 2.75) is 25.7 Å². The van der Waals surface area contributed by atoms with Crippen LogP contribution in [-0.2, 0) is 12.7 Å². The lowest BCUT2D eigenvalue weighted by atomic mass is 10.1. The van der Waals surface area contributed by atoms with Gasteiger partial charge in [0, 0.05) is 56.2 Å². The lowest BCUT2D eigenvalue weighted by molar-refractivity contribution is -0.138. The molecule has 43 heavy (non-hydrogen) atoms. The zero-order valence-electron chi connectivity index (χ0n) is 23.2. The van der Waals surface area contributed by atoms with Crippen molar-refractivity contribution in [1.29, 1.82) is 0 Å². The number of nitrogens with one attached hydrogen (secondary N) is 1. The third kappa shape index (κ3) is 5.74. The van der Waals surface area contributed by atoms with Gasteiger partial charge in [-0.15, -0.1) is 0 Å². The van der Waals surface area contributed by atoms with Crippen LogP contribution in [0.5, 0.6) is 5.75 Å². The molecule has 0 spiro atoms. The Labute approximate surface area is 244 Å². The number of fused-ring (bicyclic) bond motifs is 1. The highest BCUT2D eigenvalue weighted by Gasteiger charge is 2.33. The third-order valence-electron chi connectivity index (χ3n) is 7.82. The largest absolute Gasteiger partial charge is 0.491 e. The molecule has 0 unspecified atom stereocenters. The molecule has 1 amide bonds. The van der Waals surface area contributed by atoms with E-state index in [4.69, 9.17) is 4.74 Å². The molecule has 0 aliphatic carbocycles. The third-order valence-corrected chi connectivity index (χ3v) is 7.82. The van der Waals surface area contributed by atoms with Gasteiger partial charge in [0.15, 0.2) is 0 Å². The van der Waals surface area contributed by atoms with Crippen LogP contribution in [-0.4, -0.2) is 63.8 Å². The van der Waals surface area contributed by atoms with E-state index in [2.05, 4.69) is 37.2 Å². The molecule has 2 aliphatic rings. The van der Waals surface area contributed by atoms with Crippen molar-refractivity contribution in [1.82, 2.24) is 25.1 Å². The number of hydrogen-bond donors (Lipinski definition) is 1. The average Bonchev–Trinajstić information content (AvgIpc) is 3.39. The molecule has 2 aliphatic heterocycles. The highest BCUT2D eigenvalue weighted by atomic mass is 19.4. The number of anilines is 2. The minimum atomic E-state index is -4.50. The second-order valence-electron chi connectivity index (χ2n) is 10.4. The normalized spacial score (nSPS) is 16.7. The van der Waals surface area contributed by atoms with Crippen molar-refractivity contribution in [3.05, 3.63) is 105 Å². The molecule has 6 rings (SSSR count). The molecule has 0 bridgehead atoms. The van der Waals surface area contributed by atoms with Crippen LogP contribution in [0, 0.1) is 6.92 Å². The van der Waals surface area contributed by atoms with Crippen molar-refractivity contribution < 1.29 is 22.7 Å². The number of ether oxygens (including phenoxy) is 1. The molecule has 0 radical (unpaired) electrons. The van der Waals surface area contributed by atoms with E-state index in [9.17, 15) is 22.8 Å². The Morgan fingerprint density at radius 3 is 2.51 bits per heavy atom. The summed E-state index contributed by atoms with van der Waals surface area (Å²) in [6, 6.07) is 14.9. The SMILES string of the molecule is Cc1c(N2Cc3ccccc3[C@@H]2COc2cccc(C(=O)N3CCN(c4ncc(C(F)(F)F)cn4)CC3)c2)cn[nH]c1=O. The predicted octanol–water partition coefficient (Wildman–Crippen LogP) is 3.99. The molecule has 1 N–H and O–H groups in total.